The Morgan fingerprint density at radius 2 is 2.07 bits per heavy atom. The zero-order valence-electron chi connectivity index (χ0n) is 7.71. The Kier molecular flexibility index (Phi) is 2.07. The number of benzene rings is 1. The Hall–Kier alpha value is -1.29. The van der Waals surface area contributed by atoms with Crippen molar-refractivity contribution >= 4 is 32.7 Å². The van der Waals surface area contributed by atoms with Gasteiger partial charge in [0.1, 0.15) is 5.84 Å². The van der Waals surface area contributed by atoms with Crippen LogP contribution in [0, 0.1) is 5.41 Å². The predicted molar refractivity (Wildman–Crippen MR) is 61.6 cm³/mol. The molecule has 14 heavy (non-hydrogen) atoms. The summed E-state index contributed by atoms with van der Waals surface area (Å²) in [6, 6.07) is 7.95. The molecule has 1 aromatic heterocycles. The first-order valence-corrected chi connectivity index (χ1v) is 4.99. The molecule has 0 fully saturated rings. The lowest BCUT2D eigenvalue weighted by Crippen LogP contribution is -2.15. The molecule has 0 amide bonds. The van der Waals surface area contributed by atoms with Crippen LogP contribution in [0.3, 0.4) is 0 Å². The number of aryl methyl sites for hydroxylation is 1. The second kappa shape index (κ2) is 3.13. The number of nitrogens with two attached hydrogens (primary N) is 1. The highest BCUT2D eigenvalue weighted by molar-refractivity contribution is 9.10. The quantitative estimate of drug-likeness (QED) is 0.593. The Balaban J connectivity index is 2.92. The maximum absolute atomic E-state index is 7.48. The van der Waals surface area contributed by atoms with Crippen LogP contribution < -0.4 is 5.73 Å². The maximum atomic E-state index is 7.48. The molecule has 0 saturated heterocycles. The van der Waals surface area contributed by atoms with Crippen molar-refractivity contribution in [3.8, 4) is 0 Å². The number of nitrogens with one attached hydrogen (secondary N) is 1. The zero-order chi connectivity index (χ0) is 10.3. The molecule has 0 radical (unpaired) electrons. The van der Waals surface area contributed by atoms with Crippen LogP contribution in [0.4, 0.5) is 0 Å². The van der Waals surface area contributed by atoms with Gasteiger partial charge >= 0.3 is 0 Å². The van der Waals surface area contributed by atoms with E-state index >= 15 is 0 Å². The van der Waals surface area contributed by atoms with Gasteiger partial charge in [-0.1, -0.05) is 18.2 Å². The van der Waals surface area contributed by atoms with E-state index in [9.17, 15) is 0 Å². The van der Waals surface area contributed by atoms with E-state index < -0.39 is 0 Å². The van der Waals surface area contributed by atoms with Gasteiger partial charge in [-0.3, -0.25) is 5.41 Å². The average molecular weight is 252 g/mol. The third-order valence-electron chi connectivity index (χ3n) is 2.30. The molecule has 0 aliphatic rings. The molecule has 1 aromatic carbocycles. The van der Waals surface area contributed by atoms with Gasteiger partial charge < -0.3 is 10.3 Å². The molecule has 1 heterocycles. The van der Waals surface area contributed by atoms with Crippen LogP contribution in [0.25, 0.3) is 10.9 Å². The number of hydrogen-bond acceptors (Lipinski definition) is 1. The Bertz CT molecular complexity index is 474. The van der Waals surface area contributed by atoms with Gasteiger partial charge in [0, 0.05) is 18.0 Å². The second-order valence-electron chi connectivity index (χ2n) is 3.15. The average Bonchev–Trinajstić information content (AvgIpc) is 2.41. The van der Waals surface area contributed by atoms with Gasteiger partial charge in [0.2, 0.25) is 0 Å². The highest BCUT2D eigenvalue weighted by Crippen LogP contribution is 2.29. The first-order valence-electron chi connectivity index (χ1n) is 4.20. The number of halogens is 1. The molecule has 2 aromatic rings. The van der Waals surface area contributed by atoms with E-state index in [2.05, 4.69) is 15.9 Å². The van der Waals surface area contributed by atoms with E-state index in [1.807, 2.05) is 35.9 Å². The van der Waals surface area contributed by atoms with Crippen LogP contribution >= 0.6 is 15.9 Å². The van der Waals surface area contributed by atoms with Crippen molar-refractivity contribution in [2.45, 2.75) is 0 Å². The molecule has 0 bridgehead atoms. The monoisotopic (exact) mass is 251 g/mol. The molecule has 0 aliphatic carbocycles. The molecule has 0 saturated carbocycles. The third kappa shape index (κ3) is 1.14. The lowest BCUT2D eigenvalue weighted by Gasteiger charge is -2.01. The fourth-order valence-corrected chi connectivity index (χ4v) is 2.46. The van der Waals surface area contributed by atoms with Crippen molar-refractivity contribution in [1.29, 1.82) is 5.41 Å². The van der Waals surface area contributed by atoms with Crippen molar-refractivity contribution in [3.63, 3.8) is 0 Å². The van der Waals surface area contributed by atoms with Crippen LogP contribution in [-0.4, -0.2) is 10.4 Å². The summed E-state index contributed by atoms with van der Waals surface area (Å²) in [6.45, 7) is 0. The molecule has 0 aliphatic heterocycles. The minimum Gasteiger partial charge on any atom is -0.382 e. The summed E-state index contributed by atoms with van der Waals surface area (Å²) in [5.41, 5.74) is 7.31. The Labute approximate surface area is 90.2 Å². The van der Waals surface area contributed by atoms with Crippen LogP contribution in [0.2, 0.25) is 0 Å². The fraction of sp³-hybridized carbons (Fsp3) is 0.100. The van der Waals surface area contributed by atoms with Crippen molar-refractivity contribution in [2.24, 2.45) is 12.8 Å². The zero-order valence-corrected chi connectivity index (χ0v) is 9.30. The summed E-state index contributed by atoms with van der Waals surface area (Å²) < 4.78 is 2.81. The first kappa shape index (κ1) is 9.27. The number of amidine groups is 1. The highest BCUT2D eigenvalue weighted by atomic mass is 79.9. The van der Waals surface area contributed by atoms with Crippen LogP contribution in [-0.2, 0) is 7.05 Å². The molecule has 0 atom stereocenters. The number of rotatable bonds is 1. The molecule has 3 N–H and O–H groups in total. The van der Waals surface area contributed by atoms with Gasteiger partial charge in [0.15, 0.2) is 0 Å². The molecule has 0 unspecified atom stereocenters. The van der Waals surface area contributed by atoms with Crippen molar-refractivity contribution < 1.29 is 0 Å². The van der Waals surface area contributed by atoms with Gasteiger partial charge in [0.05, 0.1) is 10.2 Å². The molecule has 72 valence electrons. The summed E-state index contributed by atoms with van der Waals surface area (Å²) in [5, 5.41) is 8.56. The topological polar surface area (TPSA) is 54.8 Å². The summed E-state index contributed by atoms with van der Waals surface area (Å²) in [6.07, 6.45) is 0. The normalized spacial score (nSPS) is 10.7. The van der Waals surface area contributed by atoms with Gasteiger partial charge in [0.25, 0.3) is 0 Å². The van der Waals surface area contributed by atoms with Gasteiger partial charge in [-0.2, -0.15) is 0 Å². The summed E-state index contributed by atoms with van der Waals surface area (Å²) in [7, 11) is 1.91. The number of aromatic nitrogens is 1. The SMILES string of the molecule is Cn1c(C(=N)N)c(Br)c2ccccc21. The third-order valence-corrected chi connectivity index (χ3v) is 3.10. The smallest absolute Gasteiger partial charge is 0.141 e. The number of nitrogen functional groups attached to an aromatic ring is 1. The minimum absolute atomic E-state index is 0.0792. The standard InChI is InChI=1S/C10H10BrN3/c1-14-7-5-3-2-4-6(7)8(11)9(14)10(12)13/h2-5H,1H3,(H3,12,13). The van der Waals surface area contributed by atoms with E-state index in [0.717, 1.165) is 21.1 Å². The summed E-state index contributed by atoms with van der Waals surface area (Å²) >= 11 is 3.46. The van der Waals surface area contributed by atoms with E-state index in [1.54, 1.807) is 0 Å². The van der Waals surface area contributed by atoms with Gasteiger partial charge in [-0.25, -0.2) is 0 Å². The van der Waals surface area contributed by atoms with Gasteiger partial charge in [-0.15, -0.1) is 0 Å². The van der Waals surface area contributed by atoms with Crippen molar-refractivity contribution in [2.75, 3.05) is 0 Å². The number of hydrogen-bond donors (Lipinski definition) is 2. The molecule has 0 spiro atoms. The Morgan fingerprint density at radius 3 is 2.64 bits per heavy atom. The van der Waals surface area contributed by atoms with E-state index in [0.29, 0.717) is 0 Å². The van der Waals surface area contributed by atoms with Crippen molar-refractivity contribution in [3.05, 3.63) is 34.4 Å². The minimum atomic E-state index is 0.0792. The summed E-state index contributed by atoms with van der Waals surface area (Å²) in [5.74, 6) is 0.0792. The number of fused-ring (bicyclic) bond motifs is 1. The number of para-hydroxylation sites is 1. The first-order chi connectivity index (χ1) is 6.63. The van der Waals surface area contributed by atoms with E-state index in [1.165, 1.54) is 0 Å². The summed E-state index contributed by atoms with van der Waals surface area (Å²) in [4.78, 5) is 0. The lowest BCUT2D eigenvalue weighted by molar-refractivity contribution is 0.946. The van der Waals surface area contributed by atoms with E-state index in [-0.39, 0.29) is 5.84 Å². The van der Waals surface area contributed by atoms with E-state index in [4.69, 9.17) is 11.1 Å². The second-order valence-corrected chi connectivity index (χ2v) is 3.95. The predicted octanol–water partition coefficient (Wildman–Crippen LogP) is 2.22. The van der Waals surface area contributed by atoms with Crippen molar-refractivity contribution in [1.82, 2.24) is 4.57 Å². The highest BCUT2D eigenvalue weighted by Gasteiger charge is 2.13. The fourth-order valence-electron chi connectivity index (χ4n) is 1.65. The molecular weight excluding hydrogens is 242 g/mol. The van der Waals surface area contributed by atoms with Gasteiger partial charge in [-0.05, 0) is 22.0 Å². The number of nitrogens with zero attached hydrogens (tertiary/aromatic N) is 1. The Morgan fingerprint density at radius 1 is 1.43 bits per heavy atom. The lowest BCUT2D eigenvalue weighted by atomic mass is 10.2. The molecule has 2 rings (SSSR count). The van der Waals surface area contributed by atoms with Crippen LogP contribution in [0.15, 0.2) is 28.7 Å². The van der Waals surface area contributed by atoms with Crippen LogP contribution in [0.1, 0.15) is 5.69 Å². The van der Waals surface area contributed by atoms with Crippen LogP contribution in [0.5, 0.6) is 0 Å². The molecule has 3 nitrogen and oxygen atoms in total. The molecule has 4 heteroatoms. The maximum Gasteiger partial charge on any atom is 0.141 e. The molecular formula is C10H10BrN3. The largest absolute Gasteiger partial charge is 0.382 e.